The third-order valence-corrected chi connectivity index (χ3v) is 3.20. The van der Waals surface area contributed by atoms with Gasteiger partial charge in [0.05, 0.1) is 7.11 Å². The quantitative estimate of drug-likeness (QED) is 0.656. The van der Waals surface area contributed by atoms with Crippen LogP contribution in [-0.2, 0) is 14.3 Å². The molecular weight excluding hydrogens is 250 g/mol. The minimum Gasteiger partial charge on any atom is -0.467 e. The van der Waals surface area contributed by atoms with Gasteiger partial charge in [-0.1, -0.05) is 19.9 Å². The van der Waals surface area contributed by atoms with E-state index in [1.165, 1.54) is 13.2 Å². The van der Waals surface area contributed by atoms with E-state index >= 15 is 0 Å². The minimum atomic E-state index is -0.615. The van der Waals surface area contributed by atoms with Crippen LogP contribution in [-0.4, -0.2) is 25.0 Å². The lowest BCUT2D eigenvalue weighted by Gasteiger charge is -2.18. The first kappa shape index (κ1) is 14.4. The lowest BCUT2D eigenvalue weighted by Crippen LogP contribution is -2.44. The number of rotatable bonds is 5. The molecule has 0 aliphatic carbocycles. The molecule has 0 fully saturated rings. The number of thiophene rings is 1. The van der Waals surface area contributed by atoms with Gasteiger partial charge in [-0.25, -0.2) is 4.79 Å². The van der Waals surface area contributed by atoms with E-state index in [9.17, 15) is 9.59 Å². The molecule has 98 valence electrons. The van der Waals surface area contributed by atoms with Crippen molar-refractivity contribution < 1.29 is 14.3 Å². The van der Waals surface area contributed by atoms with Gasteiger partial charge in [0.1, 0.15) is 6.04 Å². The van der Waals surface area contributed by atoms with Crippen molar-refractivity contribution in [3.05, 3.63) is 28.5 Å². The zero-order chi connectivity index (χ0) is 13.5. The maximum Gasteiger partial charge on any atom is 0.328 e. The standard InChI is InChI=1S/C13H17NO3S/c1-9(2)12(13(16)17-3)14-11(15)7-6-10-5-4-8-18-10/h4-9,12H,1-3H3,(H,14,15)/t12-/m0/s1. The largest absolute Gasteiger partial charge is 0.467 e. The van der Waals surface area contributed by atoms with Crippen LogP contribution >= 0.6 is 11.3 Å². The number of hydrogen-bond donors (Lipinski definition) is 1. The lowest BCUT2D eigenvalue weighted by atomic mass is 10.0. The van der Waals surface area contributed by atoms with Crippen LogP contribution in [0, 0.1) is 5.92 Å². The lowest BCUT2D eigenvalue weighted by molar-refractivity contribution is -0.145. The van der Waals surface area contributed by atoms with E-state index < -0.39 is 12.0 Å². The summed E-state index contributed by atoms with van der Waals surface area (Å²) in [5, 5.41) is 4.57. The van der Waals surface area contributed by atoms with Crippen molar-refractivity contribution in [2.75, 3.05) is 7.11 Å². The minimum absolute atomic E-state index is 0.0171. The predicted molar refractivity (Wildman–Crippen MR) is 72.1 cm³/mol. The molecule has 0 saturated heterocycles. The molecule has 0 bridgehead atoms. The fraction of sp³-hybridized carbons (Fsp3) is 0.385. The Morgan fingerprint density at radius 1 is 1.44 bits per heavy atom. The topological polar surface area (TPSA) is 55.4 Å². The number of hydrogen-bond acceptors (Lipinski definition) is 4. The van der Waals surface area contributed by atoms with Gasteiger partial charge in [-0.15, -0.1) is 11.3 Å². The van der Waals surface area contributed by atoms with E-state index in [0.29, 0.717) is 0 Å². The van der Waals surface area contributed by atoms with Crippen LogP contribution in [0.1, 0.15) is 18.7 Å². The summed E-state index contributed by atoms with van der Waals surface area (Å²) in [6, 6.07) is 3.21. The van der Waals surface area contributed by atoms with Crippen molar-refractivity contribution >= 4 is 29.3 Å². The molecule has 18 heavy (non-hydrogen) atoms. The summed E-state index contributed by atoms with van der Waals surface area (Å²) >= 11 is 1.54. The summed E-state index contributed by atoms with van der Waals surface area (Å²) in [7, 11) is 1.31. The highest BCUT2D eigenvalue weighted by Crippen LogP contribution is 2.10. The summed E-state index contributed by atoms with van der Waals surface area (Å²) in [6.45, 7) is 3.70. The Balaban J connectivity index is 2.59. The van der Waals surface area contributed by atoms with Crippen LogP contribution in [0.15, 0.2) is 23.6 Å². The van der Waals surface area contributed by atoms with E-state index in [1.807, 2.05) is 31.4 Å². The van der Waals surface area contributed by atoms with Crippen molar-refractivity contribution in [3.8, 4) is 0 Å². The maximum atomic E-state index is 11.7. The predicted octanol–water partition coefficient (Wildman–Crippen LogP) is 2.08. The van der Waals surface area contributed by atoms with Crippen LogP contribution in [0.4, 0.5) is 0 Å². The number of carbonyl (C=O) groups excluding carboxylic acids is 2. The number of nitrogens with one attached hydrogen (secondary N) is 1. The van der Waals surface area contributed by atoms with E-state index in [0.717, 1.165) is 4.88 Å². The molecule has 0 spiro atoms. The third-order valence-electron chi connectivity index (χ3n) is 2.36. The first-order valence-electron chi connectivity index (χ1n) is 5.64. The van der Waals surface area contributed by atoms with Gasteiger partial charge in [0.15, 0.2) is 0 Å². The van der Waals surface area contributed by atoms with Gasteiger partial charge >= 0.3 is 5.97 Å². The first-order chi connectivity index (χ1) is 8.54. The molecule has 0 aliphatic rings. The number of carbonyl (C=O) groups is 2. The zero-order valence-corrected chi connectivity index (χ0v) is 11.5. The molecule has 1 heterocycles. The summed E-state index contributed by atoms with van der Waals surface area (Å²) in [5.74, 6) is -0.744. The molecule has 5 heteroatoms. The van der Waals surface area contributed by atoms with E-state index in [-0.39, 0.29) is 11.8 Å². The third kappa shape index (κ3) is 4.33. The zero-order valence-electron chi connectivity index (χ0n) is 10.7. The molecular formula is C13H17NO3S. The van der Waals surface area contributed by atoms with Crippen LogP contribution in [0.3, 0.4) is 0 Å². The van der Waals surface area contributed by atoms with E-state index in [1.54, 1.807) is 17.4 Å². The summed E-state index contributed by atoms with van der Waals surface area (Å²) < 4.78 is 4.65. The van der Waals surface area contributed by atoms with Gasteiger partial charge in [0.2, 0.25) is 5.91 Å². The first-order valence-corrected chi connectivity index (χ1v) is 6.52. The van der Waals surface area contributed by atoms with Crippen molar-refractivity contribution in [2.45, 2.75) is 19.9 Å². The highest BCUT2D eigenvalue weighted by molar-refractivity contribution is 7.10. The summed E-state index contributed by atoms with van der Waals surface area (Å²) in [6.07, 6.45) is 3.14. The Labute approximate surface area is 111 Å². The second-order valence-corrected chi connectivity index (χ2v) is 5.08. The molecule has 0 radical (unpaired) electrons. The number of methoxy groups -OCH3 is 1. The Bertz CT molecular complexity index is 423. The molecule has 1 N–H and O–H groups in total. The smallest absolute Gasteiger partial charge is 0.328 e. The molecule has 1 aromatic rings. The van der Waals surface area contributed by atoms with Gasteiger partial charge in [-0.2, -0.15) is 0 Å². The van der Waals surface area contributed by atoms with Gasteiger partial charge in [-0.3, -0.25) is 4.79 Å². The van der Waals surface area contributed by atoms with E-state index in [4.69, 9.17) is 0 Å². The van der Waals surface area contributed by atoms with Gasteiger partial charge in [-0.05, 0) is 23.4 Å². The Kier molecular flexibility index (Phi) is 5.58. The van der Waals surface area contributed by atoms with Crippen LogP contribution < -0.4 is 5.32 Å². The molecule has 0 aliphatic heterocycles. The second-order valence-electron chi connectivity index (χ2n) is 4.10. The SMILES string of the molecule is COC(=O)[C@@H](NC(=O)C=Cc1cccs1)C(C)C. The average molecular weight is 267 g/mol. The fourth-order valence-electron chi connectivity index (χ4n) is 1.37. The molecule has 0 unspecified atom stereocenters. The summed E-state index contributed by atoms with van der Waals surface area (Å²) in [5.41, 5.74) is 0. The Morgan fingerprint density at radius 3 is 2.67 bits per heavy atom. The van der Waals surface area contributed by atoms with Crippen LogP contribution in [0.25, 0.3) is 6.08 Å². The van der Waals surface area contributed by atoms with Crippen LogP contribution in [0.5, 0.6) is 0 Å². The van der Waals surface area contributed by atoms with Gasteiger partial charge in [0.25, 0.3) is 0 Å². The van der Waals surface area contributed by atoms with Crippen LogP contribution in [0.2, 0.25) is 0 Å². The monoisotopic (exact) mass is 267 g/mol. The maximum absolute atomic E-state index is 11.7. The van der Waals surface area contributed by atoms with Gasteiger partial charge < -0.3 is 10.1 Å². The normalized spacial score (nSPS) is 12.7. The number of amides is 1. The highest BCUT2D eigenvalue weighted by atomic mass is 32.1. The van der Waals surface area contributed by atoms with Crippen molar-refractivity contribution in [3.63, 3.8) is 0 Å². The van der Waals surface area contributed by atoms with Gasteiger partial charge in [0, 0.05) is 11.0 Å². The fourth-order valence-corrected chi connectivity index (χ4v) is 1.99. The molecule has 0 aromatic carbocycles. The number of esters is 1. The highest BCUT2D eigenvalue weighted by Gasteiger charge is 2.23. The summed E-state index contributed by atoms with van der Waals surface area (Å²) in [4.78, 5) is 24.1. The Morgan fingerprint density at radius 2 is 2.17 bits per heavy atom. The van der Waals surface area contributed by atoms with Crippen molar-refractivity contribution in [2.24, 2.45) is 5.92 Å². The second kappa shape index (κ2) is 6.96. The molecule has 4 nitrogen and oxygen atoms in total. The van der Waals surface area contributed by atoms with Crippen molar-refractivity contribution in [1.82, 2.24) is 5.32 Å². The molecule has 1 atom stereocenters. The Hall–Kier alpha value is -1.62. The van der Waals surface area contributed by atoms with Crippen molar-refractivity contribution in [1.29, 1.82) is 0 Å². The molecule has 0 saturated carbocycles. The molecule has 1 aromatic heterocycles. The molecule has 1 amide bonds. The number of ether oxygens (including phenoxy) is 1. The van der Waals surface area contributed by atoms with E-state index in [2.05, 4.69) is 10.1 Å². The molecule has 1 rings (SSSR count). The average Bonchev–Trinajstić information content (AvgIpc) is 2.85.